The fraction of sp³-hybridized carbons (Fsp3) is 0.556. The van der Waals surface area contributed by atoms with Crippen LogP contribution >= 0.6 is 0 Å². The minimum absolute atomic E-state index is 0.00362. The van der Waals surface area contributed by atoms with Crippen LogP contribution in [-0.2, 0) is 14.3 Å². The zero-order chi connectivity index (χ0) is 20.3. The summed E-state index contributed by atoms with van der Waals surface area (Å²) in [4.78, 5) is 35.3. The molecule has 6 rings (SSSR count). The SMILES string of the molecule is CC(C)C(=O)Nc1nc2c(ncn2C2=C3OC4(O)C3[C@@](CO)(O2)C42CC2)c(=O)[nH]1. The van der Waals surface area contributed by atoms with Gasteiger partial charge in [-0.2, -0.15) is 4.98 Å². The number of hydrogen-bond acceptors (Lipinski definition) is 8. The first kappa shape index (κ1) is 17.0. The van der Waals surface area contributed by atoms with Gasteiger partial charge in [-0.05, 0) is 12.8 Å². The molecule has 2 aliphatic carbocycles. The number of hydrogen-bond donors (Lipinski definition) is 4. The third-order valence-corrected chi connectivity index (χ3v) is 6.75. The Morgan fingerprint density at radius 1 is 1.45 bits per heavy atom. The molecule has 2 saturated carbocycles. The second kappa shape index (κ2) is 4.79. The molecular weight excluding hydrogens is 382 g/mol. The molecule has 2 unspecified atom stereocenters. The van der Waals surface area contributed by atoms with Gasteiger partial charge in [-0.25, -0.2) is 9.55 Å². The number of nitrogens with zero attached hydrogens (tertiary/aromatic N) is 3. The van der Waals surface area contributed by atoms with E-state index in [2.05, 4.69) is 20.3 Å². The van der Waals surface area contributed by atoms with Gasteiger partial charge >= 0.3 is 0 Å². The lowest BCUT2D eigenvalue weighted by molar-refractivity contribution is -0.440. The number of amides is 1. The predicted molar refractivity (Wildman–Crippen MR) is 96.9 cm³/mol. The molecule has 4 N–H and O–H groups in total. The number of aliphatic hydroxyl groups excluding tert-OH is 1. The molecule has 0 radical (unpaired) electrons. The van der Waals surface area contributed by atoms with Gasteiger partial charge in [0.2, 0.25) is 23.5 Å². The van der Waals surface area contributed by atoms with Gasteiger partial charge in [0.15, 0.2) is 22.5 Å². The van der Waals surface area contributed by atoms with E-state index in [1.165, 1.54) is 10.9 Å². The Labute approximate surface area is 163 Å². The largest absolute Gasteiger partial charge is 0.465 e. The van der Waals surface area contributed by atoms with E-state index in [1.54, 1.807) is 13.8 Å². The summed E-state index contributed by atoms with van der Waals surface area (Å²) in [5, 5.41) is 23.5. The molecule has 4 heterocycles. The van der Waals surface area contributed by atoms with Crippen LogP contribution in [0.2, 0.25) is 0 Å². The van der Waals surface area contributed by atoms with E-state index in [4.69, 9.17) is 9.47 Å². The zero-order valence-corrected chi connectivity index (χ0v) is 15.7. The van der Waals surface area contributed by atoms with E-state index in [-0.39, 0.29) is 41.4 Å². The molecule has 2 aromatic heterocycles. The Hall–Kier alpha value is -2.92. The highest BCUT2D eigenvalue weighted by molar-refractivity contribution is 5.91. The van der Waals surface area contributed by atoms with Crippen LogP contribution < -0.4 is 10.9 Å². The molecule has 1 saturated heterocycles. The van der Waals surface area contributed by atoms with Crippen molar-refractivity contribution in [3.8, 4) is 0 Å². The summed E-state index contributed by atoms with van der Waals surface area (Å²) in [5.74, 6) is -1.71. The van der Waals surface area contributed by atoms with Gasteiger partial charge in [-0.1, -0.05) is 13.8 Å². The van der Waals surface area contributed by atoms with Crippen molar-refractivity contribution in [3.05, 3.63) is 22.4 Å². The Kier molecular flexibility index (Phi) is 2.81. The predicted octanol–water partition coefficient (Wildman–Crippen LogP) is -0.270. The van der Waals surface area contributed by atoms with Crippen molar-refractivity contribution < 1.29 is 24.5 Å². The molecule has 0 bridgehead atoms. The minimum atomic E-state index is -1.31. The van der Waals surface area contributed by atoms with E-state index in [0.29, 0.717) is 18.6 Å². The molecule has 11 nitrogen and oxygen atoms in total. The number of ether oxygens (including phenoxy) is 2. The van der Waals surface area contributed by atoms with Gasteiger partial charge in [-0.3, -0.25) is 19.9 Å². The lowest BCUT2D eigenvalue weighted by atomic mass is 9.50. The maximum atomic E-state index is 12.4. The van der Waals surface area contributed by atoms with E-state index in [9.17, 15) is 19.8 Å². The van der Waals surface area contributed by atoms with Gasteiger partial charge in [0, 0.05) is 5.92 Å². The van der Waals surface area contributed by atoms with Crippen molar-refractivity contribution in [1.82, 2.24) is 19.5 Å². The molecule has 3 atom stereocenters. The number of rotatable bonds is 4. The molecule has 1 spiro atoms. The van der Waals surface area contributed by atoms with E-state index in [0.717, 1.165) is 0 Å². The summed E-state index contributed by atoms with van der Waals surface area (Å²) in [6.07, 6.45) is 2.78. The molecule has 152 valence electrons. The second-order valence-electron chi connectivity index (χ2n) is 8.48. The average Bonchev–Trinajstić information content (AvgIpc) is 3.35. The quantitative estimate of drug-likeness (QED) is 0.546. The summed E-state index contributed by atoms with van der Waals surface area (Å²) in [7, 11) is 0. The van der Waals surface area contributed by atoms with Gasteiger partial charge in [0.25, 0.3) is 5.56 Å². The molecule has 3 fully saturated rings. The minimum Gasteiger partial charge on any atom is -0.465 e. The number of imidazole rings is 1. The highest BCUT2D eigenvalue weighted by Crippen LogP contribution is 2.84. The van der Waals surface area contributed by atoms with Crippen LogP contribution in [0.5, 0.6) is 0 Å². The van der Waals surface area contributed by atoms with Gasteiger partial charge in [0.1, 0.15) is 12.2 Å². The lowest BCUT2D eigenvalue weighted by Crippen LogP contribution is -2.82. The Bertz CT molecular complexity index is 1190. The molecule has 2 aliphatic heterocycles. The summed E-state index contributed by atoms with van der Waals surface area (Å²) in [5.41, 5.74) is -1.81. The number of fused-ring (bicyclic) bond motifs is 3. The second-order valence-corrected chi connectivity index (χ2v) is 8.48. The number of carbonyl (C=O) groups is 1. The van der Waals surface area contributed by atoms with Gasteiger partial charge in [-0.15, -0.1) is 0 Å². The van der Waals surface area contributed by atoms with Crippen LogP contribution in [0.1, 0.15) is 26.7 Å². The van der Waals surface area contributed by atoms with E-state index < -0.39 is 28.3 Å². The summed E-state index contributed by atoms with van der Waals surface area (Å²) >= 11 is 0. The monoisotopic (exact) mass is 401 g/mol. The summed E-state index contributed by atoms with van der Waals surface area (Å²) in [6, 6.07) is 0. The summed E-state index contributed by atoms with van der Waals surface area (Å²) < 4.78 is 13.4. The first-order valence-electron chi connectivity index (χ1n) is 9.52. The number of aromatic amines is 1. The van der Waals surface area contributed by atoms with E-state index in [1.807, 2.05) is 0 Å². The molecule has 29 heavy (non-hydrogen) atoms. The number of anilines is 1. The van der Waals surface area contributed by atoms with E-state index >= 15 is 0 Å². The number of nitrogens with one attached hydrogen (secondary N) is 2. The van der Waals surface area contributed by atoms with Crippen LogP contribution in [0.15, 0.2) is 16.9 Å². The normalized spacial score (nSPS) is 32.5. The molecule has 4 aliphatic rings. The van der Waals surface area contributed by atoms with Crippen LogP contribution in [0, 0.1) is 17.3 Å². The van der Waals surface area contributed by atoms with Crippen LogP contribution in [0.4, 0.5) is 5.95 Å². The number of H-pyrrole nitrogens is 1. The van der Waals surface area contributed by atoms with Crippen molar-refractivity contribution >= 4 is 28.9 Å². The topological polar surface area (TPSA) is 152 Å². The third kappa shape index (κ3) is 1.65. The Morgan fingerprint density at radius 2 is 2.21 bits per heavy atom. The molecule has 2 aromatic rings. The smallest absolute Gasteiger partial charge is 0.280 e. The standard InChI is InChI=1S/C18H19N5O6/c1-7(2)12(25)21-15-20-11-8(13(26)22-15)19-6-23(11)14-9-10-17(5-24,29-14)16(3-4-16)18(10,27)28-9/h6-7,10,24,27H,3-5H2,1-2H3,(H2,20,21,22,25,26)/t10?,17-,18?/m1/s1. The molecule has 1 amide bonds. The number of aromatic nitrogens is 4. The third-order valence-electron chi connectivity index (χ3n) is 6.75. The Morgan fingerprint density at radius 3 is 2.86 bits per heavy atom. The number of aliphatic hydroxyl groups is 2. The maximum Gasteiger partial charge on any atom is 0.280 e. The van der Waals surface area contributed by atoms with Crippen LogP contribution in [-0.4, -0.2) is 53.6 Å². The van der Waals surface area contributed by atoms with Crippen molar-refractivity contribution in [1.29, 1.82) is 0 Å². The Balaban J connectivity index is 1.45. The summed E-state index contributed by atoms with van der Waals surface area (Å²) in [6.45, 7) is 3.19. The van der Waals surface area contributed by atoms with Gasteiger partial charge in [0.05, 0.1) is 12.0 Å². The highest BCUT2D eigenvalue weighted by atomic mass is 16.7. The fourth-order valence-electron chi connectivity index (χ4n) is 5.08. The van der Waals surface area contributed by atoms with Crippen molar-refractivity contribution in [2.45, 2.75) is 38.1 Å². The van der Waals surface area contributed by atoms with Crippen LogP contribution in [0.25, 0.3) is 17.0 Å². The fourth-order valence-corrected chi connectivity index (χ4v) is 5.08. The van der Waals surface area contributed by atoms with Crippen molar-refractivity contribution in [2.75, 3.05) is 11.9 Å². The first-order valence-corrected chi connectivity index (χ1v) is 9.52. The van der Waals surface area contributed by atoms with Crippen molar-refractivity contribution in [3.63, 3.8) is 0 Å². The average molecular weight is 401 g/mol. The highest BCUT2D eigenvalue weighted by Gasteiger charge is 2.96. The van der Waals surface area contributed by atoms with Gasteiger partial charge < -0.3 is 19.7 Å². The van der Waals surface area contributed by atoms with Crippen molar-refractivity contribution in [2.24, 2.45) is 17.3 Å². The zero-order valence-electron chi connectivity index (χ0n) is 15.7. The molecule has 0 aromatic carbocycles. The molecular formula is C18H19N5O6. The first-order chi connectivity index (χ1) is 13.8. The lowest BCUT2D eigenvalue weighted by Gasteiger charge is -2.66. The van der Waals surface area contributed by atoms with Crippen LogP contribution in [0.3, 0.4) is 0 Å². The maximum absolute atomic E-state index is 12.4. The number of carbonyl (C=O) groups excluding carboxylic acids is 1. The molecule has 11 heteroatoms.